The molecule has 1 atom stereocenters. The monoisotopic (exact) mass is 380 g/mol. The Morgan fingerprint density at radius 3 is 2.64 bits per heavy atom. The van der Waals surface area contributed by atoms with E-state index in [0.717, 1.165) is 18.5 Å². The summed E-state index contributed by atoms with van der Waals surface area (Å²) in [5.41, 5.74) is 0.488. The molecule has 28 heavy (non-hydrogen) atoms. The van der Waals surface area contributed by atoms with Crippen molar-refractivity contribution in [3.63, 3.8) is 0 Å². The molecule has 0 N–H and O–H groups in total. The summed E-state index contributed by atoms with van der Waals surface area (Å²) in [5, 5.41) is 4.42. The number of hydrogen-bond acceptors (Lipinski definition) is 5. The molecule has 0 spiro atoms. The molecule has 3 aromatic rings. The summed E-state index contributed by atoms with van der Waals surface area (Å²) >= 11 is 0. The van der Waals surface area contributed by atoms with E-state index >= 15 is 0 Å². The fraction of sp³-hybridized carbons (Fsp3) is 0.300. The molecule has 2 aromatic heterocycles. The highest BCUT2D eigenvalue weighted by Gasteiger charge is 2.33. The van der Waals surface area contributed by atoms with Gasteiger partial charge in [0.1, 0.15) is 5.82 Å². The number of carbonyl (C=O) groups is 2. The second kappa shape index (κ2) is 7.30. The lowest BCUT2D eigenvalue weighted by Crippen LogP contribution is -2.43. The number of para-hydroxylation sites is 1. The third kappa shape index (κ3) is 3.17. The highest BCUT2D eigenvalue weighted by molar-refractivity contribution is 6.41. The van der Waals surface area contributed by atoms with Crippen LogP contribution in [-0.4, -0.2) is 44.0 Å². The molecule has 1 saturated heterocycles. The molecule has 0 radical (unpaired) electrons. The topological polar surface area (TPSA) is 90.3 Å². The summed E-state index contributed by atoms with van der Waals surface area (Å²) in [6.07, 6.45) is 2.87. The van der Waals surface area contributed by atoms with Crippen LogP contribution in [0.4, 0.5) is 0 Å². The van der Waals surface area contributed by atoms with Crippen molar-refractivity contribution in [3.05, 3.63) is 70.8 Å². The van der Waals surface area contributed by atoms with Crippen LogP contribution in [0.15, 0.2) is 57.9 Å². The minimum atomic E-state index is -0.660. The van der Waals surface area contributed by atoms with E-state index in [1.807, 2.05) is 30.3 Å². The number of rotatable bonds is 4. The largest absolute Gasteiger partial charge is 0.461 e. The van der Waals surface area contributed by atoms with Gasteiger partial charge in [-0.3, -0.25) is 9.59 Å². The summed E-state index contributed by atoms with van der Waals surface area (Å²) in [4.78, 5) is 39.1. The summed E-state index contributed by atoms with van der Waals surface area (Å²) in [6.45, 7) is 0.818. The van der Waals surface area contributed by atoms with Gasteiger partial charge in [-0.25, -0.2) is 14.0 Å². The van der Waals surface area contributed by atoms with E-state index in [4.69, 9.17) is 4.42 Å². The van der Waals surface area contributed by atoms with Gasteiger partial charge in [-0.15, -0.1) is 0 Å². The van der Waals surface area contributed by atoms with Crippen molar-refractivity contribution in [2.45, 2.75) is 18.8 Å². The Morgan fingerprint density at radius 1 is 1.14 bits per heavy atom. The van der Waals surface area contributed by atoms with Crippen LogP contribution in [0.5, 0.6) is 0 Å². The zero-order valence-corrected chi connectivity index (χ0v) is 15.4. The van der Waals surface area contributed by atoms with Crippen LogP contribution >= 0.6 is 0 Å². The molecule has 0 unspecified atom stereocenters. The van der Waals surface area contributed by atoms with Crippen LogP contribution in [-0.2, 0) is 11.8 Å². The maximum absolute atomic E-state index is 12.6. The second-order valence-corrected chi connectivity index (χ2v) is 6.83. The minimum absolute atomic E-state index is 0.0335. The van der Waals surface area contributed by atoms with Gasteiger partial charge in [0.05, 0.1) is 12.0 Å². The zero-order valence-electron chi connectivity index (χ0n) is 15.4. The van der Waals surface area contributed by atoms with E-state index < -0.39 is 11.7 Å². The van der Waals surface area contributed by atoms with E-state index in [2.05, 4.69) is 5.10 Å². The molecule has 4 rings (SSSR count). The van der Waals surface area contributed by atoms with E-state index in [-0.39, 0.29) is 17.4 Å². The van der Waals surface area contributed by atoms with Crippen molar-refractivity contribution in [3.8, 4) is 5.69 Å². The summed E-state index contributed by atoms with van der Waals surface area (Å²) < 4.78 is 7.94. The SMILES string of the molecule is Cn1nc([C@H]2CCCN(C(=O)C(=O)c3ccco3)C2)n(-c2ccccc2)c1=O. The van der Waals surface area contributed by atoms with E-state index in [1.54, 1.807) is 17.7 Å². The third-order valence-electron chi connectivity index (χ3n) is 4.98. The lowest BCUT2D eigenvalue weighted by atomic mass is 9.96. The molecule has 1 aromatic carbocycles. The lowest BCUT2D eigenvalue weighted by molar-refractivity contribution is -0.127. The van der Waals surface area contributed by atoms with Crippen molar-refractivity contribution in [2.24, 2.45) is 7.05 Å². The quantitative estimate of drug-likeness (QED) is 0.508. The molecule has 3 heterocycles. The Bertz CT molecular complexity index is 1050. The lowest BCUT2D eigenvalue weighted by Gasteiger charge is -2.31. The van der Waals surface area contributed by atoms with Crippen molar-refractivity contribution in [1.29, 1.82) is 0 Å². The molecule has 0 aliphatic carbocycles. The molecule has 1 amide bonds. The first-order valence-electron chi connectivity index (χ1n) is 9.14. The fourth-order valence-corrected chi connectivity index (χ4v) is 3.60. The van der Waals surface area contributed by atoms with Crippen LogP contribution in [0, 0.1) is 0 Å². The predicted molar refractivity (Wildman–Crippen MR) is 100 cm³/mol. The van der Waals surface area contributed by atoms with Crippen molar-refractivity contribution in [1.82, 2.24) is 19.2 Å². The smallest absolute Gasteiger partial charge is 0.350 e. The number of carbonyl (C=O) groups excluding carboxylic acids is 2. The zero-order chi connectivity index (χ0) is 19.7. The number of furan rings is 1. The Labute approximate surface area is 161 Å². The van der Waals surface area contributed by atoms with E-state index in [1.165, 1.54) is 21.9 Å². The van der Waals surface area contributed by atoms with E-state index in [9.17, 15) is 14.4 Å². The summed E-state index contributed by atoms with van der Waals surface area (Å²) in [7, 11) is 1.61. The van der Waals surface area contributed by atoms with Gasteiger partial charge >= 0.3 is 5.69 Å². The maximum Gasteiger partial charge on any atom is 0.350 e. The number of nitrogens with zero attached hydrogens (tertiary/aromatic N) is 4. The second-order valence-electron chi connectivity index (χ2n) is 6.83. The van der Waals surface area contributed by atoms with Crippen molar-refractivity contribution < 1.29 is 14.0 Å². The van der Waals surface area contributed by atoms with Gasteiger partial charge in [0.15, 0.2) is 5.76 Å². The minimum Gasteiger partial charge on any atom is -0.461 e. The Balaban J connectivity index is 1.62. The predicted octanol–water partition coefficient (Wildman–Crippen LogP) is 1.75. The molecular weight excluding hydrogens is 360 g/mol. The van der Waals surface area contributed by atoms with Gasteiger partial charge in [0.2, 0.25) is 0 Å². The molecule has 1 aliphatic rings. The number of aromatic nitrogens is 3. The standard InChI is InChI=1S/C20H20N4O4/c1-22-20(27)24(15-8-3-2-4-9-15)18(21-22)14-7-5-11-23(13-14)19(26)17(25)16-10-6-12-28-16/h2-4,6,8-10,12,14H,5,7,11,13H2,1H3/t14-/m0/s1. The third-order valence-corrected chi connectivity index (χ3v) is 4.98. The normalized spacial score (nSPS) is 16.9. The number of hydrogen-bond donors (Lipinski definition) is 0. The molecule has 1 aliphatic heterocycles. The Hall–Kier alpha value is -3.42. The van der Waals surface area contributed by atoms with Crippen LogP contribution in [0.1, 0.15) is 35.1 Å². The molecular formula is C20H20N4O4. The van der Waals surface area contributed by atoms with Crippen LogP contribution in [0.3, 0.4) is 0 Å². The average Bonchev–Trinajstić information content (AvgIpc) is 3.37. The van der Waals surface area contributed by atoms with Gasteiger partial charge in [0.25, 0.3) is 11.7 Å². The van der Waals surface area contributed by atoms with Gasteiger partial charge in [-0.05, 0) is 37.1 Å². The van der Waals surface area contributed by atoms with E-state index in [0.29, 0.717) is 18.9 Å². The number of benzene rings is 1. The van der Waals surface area contributed by atoms with Crippen LogP contribution in [0.2, 0.25) is 0 Å². The number of amides is 1. The first-order valence-corrected chi connectivity index (χ1v) is 9.14. The van der Waals surface area contributed by atoms with Gasteiger partial charge in [-0.2, -0.15) is 5.10 Å². The number of piperidine rings is 1. The molecule has 8 heteroatoms. The van der Waals surface area contributed by atoms with Gasteiger partial charge < -0.3 is 9.32 Å². The van der Waals surface area contributed by atoms with Crippen molar-refractivity contribution >= 4 is 11.7 Å². The molecule has 0 bridgehead atoms. The highest BCUT2D eigenvalue weighted by atomic mass is 16.3. The molecule has 1 fully saturated rings. The highest BCUT2D eigenvalue weighted by Crippen LogP contribution is 2.27. The summed E-state index contributed by atoms with van der Waals surface area (Å²) in [5.74, 6) is -0.764. The fourth-order valence-electron chi connectivity index (χ4n) is 3.60. The Kier molecular flexibility index (Phi) is 4.68. The number of Topliss-reactive ketones (excluding diaryl/α,β-unsaturated/α-hetero) is 1. The maximum atomic E-state index is 12.6. The van der Waals surface area contributed by atoms with Gasteiger partial charge in [-0.1, -0.05) is 18.2 Å². The number of ketones is 1. The van der Waals surface area contributed by atoms with Crippen LogP contribution in [0.25, 0.3) is 5.69 Å². The summed E-state index contributed by atoms with van der Waals surface area (Å²) in [6, 6.07) is 12.3. The first kappa shape index (κ1) is 18.0. The molecule has 0 saturated carbocycles. The molecule has 144 valence electrons. The number of likely N-dealkylation sites (tertiary alicyclic amines) is 1. The molecule has 8 nitrogen and oxygen atoms in total. The Morgan fingerprint density at radius 2 is 1.93 bits per heavy atom. The average molecular weight is 380 g/mol. The van der Waals surface area contributed by atoms with Crippen LogP contribution < -0.4 is 5.69 Å². The number of aryl methyl sites for hydroxylation is 1. The van der Waals surface area contributed by atoms with Crippen molar-refractivity contribution in [2.75, 3.05) is 13.1 Å². The first-order chi connectivity index (χ1) is 13.6. The van der Waals surface area contributed by atoms with Gasteiger partial charge in [0, 0.05) is 26.1 Å².